The summed E-state index contributed by atoms with van der Waals surface area (Å²) in [5.74, 6) is 0. The van der Waals surface area contributed by atoms with Gasteiger partial charge in [0, 0.05) is 12.4 Å². The first-order valence-corrected chi connectivity index (χ1v) is 4.54. The molecule has 0 aliphatic rings. The van der Waals surface area contributed by atoms with Crippen LogP contribution in [0.25, 0.3) is 16.6 Å². The highest BCUT2D eigenvalue weighted by Crippen LogP contribution is 2.14. The third-order valence-electron chi connectivity index (χ3n) is 2.21. The molecule has 0 amide bonds. The summed E-state index contributed by atoms with van der Waals surface area (Å²) in [7, 11) is 1.85. The lowest BCUT2D eigenvalue weighted by molar-refractivity contribution is 1.11. The minimum atomic E-state index is 0.843. The molecule has 0 radical (unpaired) electrons. The Morgan fingerprint density at radius 3 is 2.79 bits per heavy atom. The van der Waals surface area contributed by atoms with Gasteiger partial charge in [-0.2, -0.15) is 0 Å². The number of hydrogen-bond donors (Lipinski definition) is 1. The molecule has 0 saturated carbocycles. The first kappa shape index (κ1) is 8.75. The lowest BCUT2D eigenvalue weighted by Gasteiger charge is -2.04. The van der Waals surface area contributed by atoms with Gasteiger partial charge in [0.15, 0.2) is 0 Å². The first-order chi connectivity index (χ1) is 6.81. The molecule has 1 N–H and O–H groups in total. The van der Waals surface area contributed by atoms with Crippen LogP contribution >= 0.6 is 0 Å². The summed E-state index contributed by atoms with van der Waals surface area (Å²) in [5, 5.41) is 4.14. The summed E-state index contributed by atoms with van der Waals surface area (Å²) in [6, 6.07) is 12.1. The van der Waals surface area contributed by atoms with Gasteiger partial charge in [-0.1, -0.05) is 30.8 Å². The van der Waals surface area contributed by atoms with E-state index >= 15 is 0 Å². The maximum Gasteiger partial charge on any atom is 0.0862 e. The number of benzene rings is 1. The molecule has 14 heavy (non-hydrogen) atoms. The van der Waals surface area contributed by atoms with E-state index in [0.717, 1.165) is 22.3 Å². The average Bonchev–Trinajstić information content (AvgIpc) is 2.27. The lowest BCUT2D eigenvalue weighted by atomic mass is 10.2. The Labute approximate surface area is 83.3 Å². The largest absolute Gasteiger partial charge is 0.387 e. The van der Waals surface area contributed by atoms with Crippen LogP contribution in [-0.4, -0.2) is 12.0 Å². The Hall–Kier alpha value is -1.83. The highest BCUT2D eigenvalue weighted by molar-refractivity contribution is 5.80. The summed E-state index contributed by atoms with van der Waals surface area (Å²) in [6.45, 7) is 3.88. The fourth-order valence-corrected chi connectivity index (χ4v) is 1.36. The molecule has 2 rings (SSSR count). The van der Waals surface area contributed by atoms with Gasteiger partial charge in [0.05, 0.1) is 16.9 Å². The molecule has 1 aromatic carbocycles. The first-order valence-electron chi connectivity index (χ1n) is 4.54. The standard InChI is InChI=1S/C12H12N2/c1-9(13-2)11-8-7-10-5-3-4-6-12(10)14-11/h3-8,13H,1H2,2H3. The molecule has 70 valence electrons. The molecule has 0 bridgehead atoms. The molecule has 2 heteroatoms. The molecule has 0 spiro atoms. The zero-order valence-electron chi connectivity index (χ0n) is 8.12. The van der Waals surface area contributed by atoms with Crippen molar-refractivity contribution in [2.24, 2.45) is 0 Å². The van der Waals surface area contributed by atoms with Gasteiger partial charge in [-0.3, -0.25) is 0 Å². The summed E-state index contributed by atoms with van der Waals surface area (Å²) in [6.07, 6.45) is 0. The maximum atomic E-state index is 4.48. The van der Waals surface area contributed by atoms with E-state index in [1.807, 2.05) is 37.4 Å². The van der Waals surface area contributed by atoms with Crippen LogP contribution in [0.2, 0.25) is 0 Å². The van der Waals surface area contributed by atoms with Gasteiger partial charge < -0.3 is 5.32 Å². The zero-order chi connectivity index (χ0) is 9.97. The Kier molecular flexibility index (Phi) is 2.19. The third-order valence-corrected chi connectivity index (χ3v) is 2.21. The number of para-hydroxylation sites is 1. The topological polar surface area (TPSA) is 24.9 Å². The Morgan fingerprint density at radius 2 is 2.00 bits per heavy atom. The van der Waals surface area contributed by atoms with Crippen LogP contribution in [0.1, 0.15) is 5.69 Å². The lowest BCUT2D eigenvalue weighted by Crippen LogP contribution is -2.04. The predicted octanol–water partition coefficient (Wildman–Crippen LogP) is 2.42. The van der Waals surface area contributed by atoms with E-state index in [-0.39, 0.29) is 0 Å². The highest BCUT2D eigenvalue weighted by atomic mass is 14.9. The van der Waals surface area contributed by atoms with E-state index in [0.29, 0.717) is 0 Å². The van der Waals surface area contributed by atoms with Gasteiger partial charge in [-0.25, -0.2) is 4.98 Å². The molecule has 0 aliphatic heterocycles. The molecule has 0 aliphatic carbocycles. The molecule has 2 aromatic rings. The Balaban J connectivity index is 2.56. The van der Waals surface area contributed by atoms with Crippen molar-refractivity contribution < 1.29 is 0 Å². The molecule has 1 heterocycles. The number of nitrogens with zero attached hydrogens (tertiary/aromatic N) is 1. The minimum Gasteiger partial charge on any atom is -0.387 e. The van der Waals surface area contributed by atoms with E-state index < -0.39 is 0 Å². The third kappa shape index (κ3) is 1.46. The molecule has 0 saturated heterocycles. The molecule has 0 unspecified atom stereocenters. The predicted molar refractivity (Wildman–Crippen MR) is 59.8 cm³/mol. The van der Waals surface area contributed by atoms with Gasteiger partial charge in [0.25, 0.3) is 0 Å². The summed E-state index contributed by atoms with van der Waals surface area (Å²) in [4.78, 5) is 4.48. The monoisotopic (exact) mass is 184 g/mol. The molecular weight excluding hydrogens is 172 g/mol. The fourth-order valence-electron chi connectivity index (χ4n) is 1.36. The van der Waals surface area contributed by atoms with E-state index in [1.54, 1.807) is 0 Å². The van der Waals surface area contributed by atoms with Gasteiger partial charge in [0.2, 0.25) is 0 Å². The smallest absolute Gasteiger partial charge is 0.0862 e. The molecular formula is C12H12N2. The second-order valence-corrected chi connectivity index (χ2v) is 3.12. The zero-order valence-corrected chi connectivity index (χ0v) is 8.12. The van der Waals surface area contributed by atoms with Crippen LogP contribution in [0.3, 0.4) is 0 Å². The number of aromatic nitrogens is 1. The van der Waals surface area contributed by atoms with Gasteiger partial charge >= 0.3 is 0 Å². The number of hydrogen-bond acceptors (Lipinski definition) is 2. The van der Waals surface area contributed by atoms with Crippen LogP contribution in [-0.2, 0) is 0 Å². The fraction of sp³-hybridized carbons (Fsp3) is 0.0833. The van der Waals surface area contributed by atoms with Crippen molar-refractivity contribution >= 4 is 16.6 Å². The van der Waals surface area contributed by atoms with Crippen LogP contribution < -0.4 is 5.32 Å². The van der Waals surface area contributed by atoms with Crippen molar-refractivity contribution in [3.8, 4) is 0 Å². The summed E-state index contributed by atoms with van der Waals surface area (Å²) in [5.41, 5.74) is 2.74. The van der Waals surface area contributed by atoms with Crippen molar-refractivity contribution in [3.63, 3.8) is 0 Å². The van der Waals surface area contributed by atoms with E-state index in [4.69, 9.17) is 0 Å². The summed E-state index contributed by atoms with van der Waals surface area (Å²) < 4.78 is 0. The minimum absolute atomic E-state index is 0.843. The van der Waals surface area contributed by atoms with Crippen LogP contribution in [0.15, 0.2) is 43.0 Å². The van der Waals surface area contributed by atoms with Crippen molar-refractivity contribution in [1.29, 1.82) is 0 Å². The second kappa shape index (κ2) is 3.50. The Morgan fingerprint density at radius 1 is 1.21 bits per heavy atom. The van der Waals surface area contributed by atoms with E-state index in [1.165, 1.54) is 0 Å². The highest BCUT2D eigenvalue weighted by Gasteiger charge is 1.99. The maximum absolute atomic E-state index is 4.48. The number of nitrogens with one attached hydrogen (secondary N) is 1. The quantitative estimate of drug-likeness (QED) is 0.775. The van der Waals surface area contributed by atoms with Crippen molar-refractivity contribution in [3.05, 3.63) is 48.7 Å². The number of fused-ring (bicyclic) bond motifs is 1. The van der Waals surface area contributed by atoms with Crippen LogP contribution in [0, 0.1) is 0 Å². The van der Waals surface area contributed by atoms with Crippen LogP contribution in [0.4, 0.5) is 0 Å². The van der Waals surface area contributed by atoms with Gasteiger partial charge in [-0.15, -0.1) is 0 Å². The van der Waals surface area contributed by atoms with Crippen LogP contribution in [0.5, 0.6) is 0 Å². The molecule has 0 atom stereocenters. The number of pyridine rings is 1. The van der Waals surface area contributed by atoms with Crippen molar-refractivity contribution in [2.45, 2.75) is 0 Å². The van der Waals surface area contributed by atoms with E-state index in [2.05, 4.69) is 22.9 Å². The second-order valence-electron chi connectivity index (χ2n) is 3.12. The summed E-state index contributed by atoms with van der Waals surface area (Å²) >= 11 is 0. The number of rotatable bonds is 2. The molecule has 0 fully saturated rings. The molecule has 1 aromatic heterocycles. The van der Waals surface area contributed by atoms with E-state index in [9.17, 15) is 0 Å². The SMILES string of the molecule is C=C(NC)c1ccc2ccccc2n1. The Bertz CT molecular complexity index is 474. The van der Waals surface area contributed by atoms with Gasteiger partial charge in [-0.05, 0) is 12.1 Å². The normalized spacial score (nSPS) is 10.1. The van der Waals surface area contributed by atoms with Crippen molar-refractivity contribution in [2.75, 3.05) is 7.05 Å². The van der Waals surface area contributed by atoms with Gasteiger partial charge in [0.1, 0.15) is 0 Å². The van der Waals surface area contributed by atoms with Crippen molar-refractivity contribution in [1.82, 2.24) is 10.3 Å². The molecule has 2 nitrogen and oxygen atoms in total. The average molecular weight is 184 g/mol.